The Morgan fingerprint density at radius 3 is 2.58 bits per heavy atom. The monoisotopic (exact) mass is 302 g/mol. The van der Waals surface area contributed by atoms with Gasteiger partial charge in [-0.15, -0.1) is 0 Å². The number of anilines is 1. The van der Waals surface area contributed by atoms with Gasteiger partial charge >= 0.3 is 6.09 Å². The Kier molecular flexibility index (Phi) is 5.20. The van der Waals surface area contributed by atoms with Gasteiger partial charge in [-0.1, -0.05) is 23.2 Å². The standard InChI is InChI=1S/C13H16Cl2N2O2/c1-13(2,3)19-12(18)17(4)11-9(8-10(14)15)6-5-7-16-11/h5-8H,1-4H3. The van der Waals surface area contributed by atoms with Gasteiger partial charge in [-0.05, 0) is 39.0 Å². The lowest BCUT2D eigenvalue weighted by Crippen LogP contribution is -2.34. The smallest absolute Gasteiger partial charge is 0.415 e. The minimum Gasteiger partial charge on any atom is -0.443 e. The number of aromatic nitrogens is 1. The number of amides is 1. The molecule has 0 radical (unpaired) electrons. The summed E-state index contributed by atoms with van der Waals surface area (Å²) in [6, 6.07) is 3.49. The van der Waals surface area contributed by atoms with Crippen molar-refractivity contribution >= 4 is 41.2 Å². The highest BCUT2D eigenvalue weighted by Gasteiger charge is 2.22. The van der Waals surface area contributed by atoms with Crippen LogP contribution < -0.4 is 4.90 Å². The summed E-state index contributed by atoms with van der Waals surface area (Å²) in [6.45, 7) is 5.40. The lowest BCUT2D eigenvalue weighted by molar-refractivity contribution is 0.0588. The van der Waals surface area contributed by atoms with Crippen LogP contribution in [0.15, 0.2) is 22.8 Å². The molecule has 104 valence electrons. The number of nitrogens with zero attached hydrogens (tertiary/aromatic N) is 2. The van der Waals surface area contributed by atoms with Gasteiger partial charge in [-0.25, -0.2) is 9.78 Å². The van der Waals surface area contributed by atoms with E-state index in [1.807, 2.05) is 0 Å². The van der Waals surface area contributed by atoms with E-state index in [9.17, 15) is 4.79 Å². The van der Waals surface area contributed by atoms with Gasteiger partial charge in [0.05, 0.1) is 0 Å². The summed E-state index contributed by atoms with van der Waals surface area (Å²) in [6.07, 6.45) is 2.61. The zero-order chi connectivity index (χ0) is 14.6. The van der Waals surface area contributed by atoms with E-state index in [1.165, 1.54) is 11.0 Å². The first-order chi connectivity index (χ1) is 8.70. The van der Waals surface area contributed by atoms with E-state index in [0.717, 1.165) is 0 Å². The molecular formula is C13H16Cl2N2O2. The molecule has 0 N–H and O–H groups in total. The van der Waals surface area contributed by atoms with Gasteiger partial charge in [0.2, 0.25) is 0 Å². The highest BCUT2D eigenvalue weighted by Crippen LogP contribution is 2.23. The quantitative estimate of drug-likeness (QED) is 0.821. The van der Waals surface area contributed by atoms with E-state index in [-0.39, 0.29) is 4.49 Å². The van der Waals surface area contributed by atoms with Crippen molar-refractivity contribution in [2.75, 3.05) is 11.9 Å². The number of halogens is 2. The third-order valence-electron chi connectivity index (χ3n) is 2.07. The van der Waals surface area contributed by atoms with Crippen LogP contribution in [0, 0.1) is 0 Å². The van der Waals surface area contributed by atoms with Crippen LogP contribution in [0.5, 0.6) is 0 Å². The van der Waals surface area contributed by atoms with Crippen molar-refractivity contribution in [3.05, 3.63) is 28.4 Å². The fraction of sp³-hybridized carbons (Fsp3) is 0.385. The highest BCUT2D eigenvalue weighted by atomic mass is 35.5. The second-order valence-electron chi connectivity index (χ2n) is 4.89. The van der Waals surface area contributed by atoms with Crippen molar-refractivity contribution in [1.29, 1.82) is 0 Å². The maximum atomic E-state index is 12.0. The molecule has 0 saturated heterocycles. The number of hydrogen-bond donors (Lipinski definition) is 0. The van der Waals surface area contributed by atoms with Crippen LogP contribution in [0.4, 0.5) is 10.6 Å². The van der Waals surface area contributed by atoms with Crippen molar-refractivity contribution in [2.45, 2.75) is 26.4 Å². The average molecular weight is 303 g/mol. The zero-order valence-electron chi connectivity index (χ0n) is 11.3. The van der Waals surface area contributed by atoms with Gasteiger partial charge in [0.25, 0.3) is 0 Å². The molecule has 0 saturated carbocycles. The summed E-state index contributed by atoms with van der Waals surface area (Å²) < 4.78 is 5.36. The van der Waals surface area contributed by atoms with Crippen LogP contribution in [0.1, 0.15) is 26.3 Å². The van der Waals surface area contributed by atoms with Crippen LogP contribution in [-0.2, 0) is 4.74 Å². The van der Waals surface area contributed by atoms with Gasteiger partial charge in [-0.2, -0.15) is 0 Å². The molecule has 19 heavy (non-hydrogen) atoms. The lowest BCUT2D eigenvalue weighted by Gasteiger charge is -2.24. The summed E-state index contributed by atoms with van der Waals surface area (Å²) in [5, 5.41) is 0. The van der Waals surface area contributed by atoms with E-state index in [0.29, 0.717) is 11.4 Å². The highest BCUT2D eigenvalue weighted by molar-refractivity contribution is 6.57. The second kappa shape index (κ2) is 6.26. The Bertz CT molecular complexity index is 492. The van der Waals surface area contributed by atoms with Crippen molar-refractivity contribution in [3.8, 4) is 0 Å². The maximum absolute atomic E-state index is 12.0. The van der Waals surface area contributed by atoms with Crippen molar-refractivity contribution < 1.29 is 9.53 Å². The van der Waals surface area contributed by atoms with Crippen LogP contribution in [-0.4, -0.2) is 23.7 Å². The van der Waals surface area contributed by atoms with Crippen molar-refractivity contribution in [1.82, 2.24) is 4.98 Å². The number of pyridine rings is 1. The van der Waals surface area contributed by atoms with Crippen LogP contribution in [0.25, 0.3) is 6.08 Å². The molecule has 1 aromatic heterocycles. The molecule has 1 rings (SSSR count). The molecule has 0 aliphatic rings. The first-order valence-corrected chi connectivity index (χ1v) is 6.41. The Morgan fingerprint density at radius 2 is 2.05 bits per heavy atom. The second-order valence-corrected chi connectivity index (χ2v) is 5.90. The topological polar surface area (TPSA) is 42.4 Å². The van der Waals surface area contributed by atoms with E-state index in [4.69, 9.17) is 27.9 Å². The zero-order valence-corrected chi connectivity index (χ0v) is 12.8. The number of ether oxygens (including phenoxy) is 1. The van der Waals surface area contributed by atoms with E-state index in [2.05, 4.69) is 4.98 Å². The minimum atomic E-state index is -0.569. The molecule has 0 atom stereocenters. The van der Waals surface area contributed by atoms with E-state index >= 15 is 0 Å². The predicted molar refractivity (Wildman–Crippen MR) is 78.6 cm³/mol. The summed E-state index contributed by atoms with van der Waals surface area (Å²) in [7, 11) is 1.58. The lowest BCUT2D eigenvalue weighted by atomic mass is 10.2. The number of carbonyl (C=O) groups is 1. The molecule has 0 aliphatic carbocycles. The average Bonchev–Trinajstić information content (AvgIpc) is 2.25. The molecule has 6 heteroatoms. The fourth-order valence-corrected chi connectivity index (χ4v) is 1.57. The SMILES string of the molecule is CN(C(=O)OC(C)(C)C)c1ncccc1C=C(Cl)Cl. The van der Waals surface area contributed by atoms with Crippen molar-refractivity contribution in [3.63, 3.8) is 0 Å². The summed E-state index contributed by atoms with van der Waals surface area (Å²) in [5.41, 5.74) is 0.0659. The Labute approximate surface area is 123 Å². The normalized spacial score (nSPS) is 10.8. The fourth-order valence-electron chi connectivity index (χ4n) is 1.34. The molecule has 1 amide bonds. The first kappa shape index (κ1) is 15.8. The summed E-state index contributed by atoms with van der Waals surface area (Å²) in [4.78, 5) is 17.4. The molecule has 0 aromatic carbocycles. The summed E-state index contributed by atoms with van der Waals surface area (Å²) >= 11 is 11.3. The molecule has 4 nitrogen and oxygen atoms in total. The largest absolute Gasteiger partial charge is 0.443 e. The molecular weight excluding hydrogens is 287 g/mol. The van der Waals surface area contributed by atoms with Gasteiger partial charge in [-0.3, -0.25) is 4.90 Å². The van der Waals surface area contributed by atoms with E-state index in [1.54, 1.807) is 46.1 Å². The van der Waals surface area contributed by atoms with Gasteiger partial charge < -0.3 is 4.74 Å². The van der Waals surface area contributed by atoms with Crippen LogP contribution >= 0.6 is 23.2 Å². The third kappa shape index (κ3) is 5.09. The van der Waals surface area contributed by atoms with Crippen molar-refractivity contribution in [2.24, 2.45) is 0 Å². The maximum Gasteiger partial charge on any atom is 0.415 e. The first-order valence-electron chi connectivity index (χ1n) is 5.65. The van der Waals surface area contributed by atoms with Gasteiger partial charge in [0, 0.05) is 18.8 Å². The molecule has 1 aromatic rings. The number of hydrogen-bond acceptors (Lipinski definition) is 3. The molecule has 0 aliphatic heterocycles. The minimum absolute atomic E-state index is 0.0897. The van der Waals surface area contributed by atoms with Gasteiger partial charge in [0.15, 0.2) is 0 Å². The summed E-state index contributed by atoms with van der Waals surface area (Å²) in [5.74, 6) is 0.426. The van der Waals surface area contributed by atoms with Crippen LogP contribution in [0.3, 0.4) is 0 Å². The number of rotatable bonds is 2. The molecule has 0 unspecified atom stereocenters. The molecule has 0 spiro atoms. The molecule has 0 fully saturated rings. The predicted octanol–water partition coefficient (Wildman–Crippen LogP) is 4.23. The number of carbonyl (C=O) groups excluding carboxylic acids is 1. The Morgan fingerprint density at radius 1 is 1.42 bits per heavy atom. The Hall–Kier alpha value is -1.26. The van der Waals surface area contributed by atoms with E-state index < -0.39 is 11.7 Å². The molecule has 0 bridgehead atoms. The van der Waals surface area contributed by atoms with Gasteiger partial charge in [0.1, 0.15) is 15.9 Å². The molecule has 1 heterocycles. The van der Waals surface area contributed by atoms with Crippen LogP contribution in [0.2, 0.25) is 0 Å². The Balaban J connectivity index is 3.03. The third-order valence-corrected chi connectivity index (χ3v) is 2.28.